The third kappa shape index (κ3) is 11.5. The summed E-state index contributed by atoms with van der Waals surface area (Å²) < 4.78 is 38.7. The molecule has 7 N–H and O–H groups in total. The van der Waals surface area contributed by atoms with Crippen LogP contribution in [-0.2, 0) is 33.2 Å². The van der Waals surface area contributed by atoms with Crippen LogP contribution in [0.25, 0.3) is 0 Å². The van der Waals surface area contributed by atoms with Crippen molar-refractivity contribution in [3.63, 3.8) is 0 Å². The smallest absolute Gasteiger partial charge is 0.311 e. The molecule has 0 aliphatic carbocycles. The van der Waals surface area contributed by atoms with E-state index in [2.05, 4.69) is 10.6 Å². The minimum atomic E-state index is -1.81. The molecule has 3 aliphatic heterocycles. The predicted octanol–water partition coefficient (Wildman–Crippen LogP) is 2.32. The molecule has 0 saturated carbocycles. The maximum absolute atomic E-state index is 14.5. The fourth-order valence-corrected chi connectivity index (χ4v) is 9.48. The highest BCUT2D eigenvalue weighted by molar-refractivity contribution is 5.73. The Bertz CT molecular complexity index is 1240. The summed E-state index contributed by atoms with van der Waals surface area (Å²) in [6.45, 7) is 21.2. The molecule has 0 spiro atoms. The van der Waals surface area contributed by atoms with Crippen LogP contribution in [0, 0.1) is 17.8 Å². The maximum atomic E-state index is 14.5. The zero-order chi connectivity index (χ0) is 43.3. The van der Waals surface area contributed by atoms with Gasteiger partial charge in [-0.05, 0) is 107 Å². The molecule has 0 radical (unpaired) electrons. The number of esters is 1. The molecule has 0 bridgehead atoms. The lowest BCUT2D eigenvalue weighted by Crippen LogP contribution is -2.70. The molecule has 336 valence electrons. The normalized spacial score (nSPS) is 44.6. The van der Waals surface area contributed by atoms with Gasteiger partial charge in [-0.1, -0.05) is 34.6 Å². The first-order valence-corrected chi connectivity index (χ1v) is 21.5. The molecule has 0 aromatic heterocycles. The van der Waals surface area contributed by atoms with Gasteiger partial charge in [0.1, 0.15) is 29.0 Å². The molecule has 15 heteroatoms. The minimum Gasteiger partial charge on any atom is -0.457 e. The number of ether oxygens (including phenoxy) is 6. The van der Waals surface area contributed by atoms with Crippen LogP contribution in [0.5, 0.6) is 0 Å². The number of hydrogen-bond acceptors (Lipinski definition) is 15. The fourth-order valence-electron chi connectivity index (χ4n) is 9.48. The van der Waals surface area contributed by atoms with E-state index in [1.165, 1.54) is 6.92 Å². The summed E-state index contributed by atoms with van der Waals surface area (Å²) in [5.41, 5.74) is -5.92. The van der Waals surface area contributed by atoms with Gasteiger partial charge in [0.25, 0.3) is 0 Å². The van der Waals surface area contributed by atoms with Crippen LogP contribution in [0.4, 0.5) is 0 Å². The van der Waals surface area contributed by atoms with Crippen LogP contribution < -0.4 is 10.6 Å². The van der Waals surface area contributed by atoms with Crippen LogP contribution in [0.2, 0.25) is 0 Å². The molecule has 0 amide bonds. The van der Waals surface area contributed by atoms with Gasteiger partial charge in [-0.2, -0.15) is 0 Å². The van der Waals surface area contributed by atoms with Crippen molar-refractivity contribution in [3.8, 4) is 0 Å². The number of cyclic esters (lactones) is 1. The van der Waals surface area contributed by atoms with E-state index < -0.39 is 95.5 Å². The lowest BCUT2D eigenvalue weighted by molar-refractivity contribution is -0.339. The van der Waals surface area contributed by atoms with E-state index >= 15 is 0 Å². The van der Waals surface area contributed by atoms with Crippen LogP contribution in [0.1, 0.15) is 115 Å². The summed E-state index contributed by atoms with van der Waals surface area (Å²) in [6.07, 6.45) is -6.12. The summed E-state index contributed by atoms with van der Waals surface area (Å²) in [7, 11) is 5.33. The number of rotatable bonds is 14. The van der Waals surface area contributed by atoms with Gasteiger partial charge in [0.05, 0.1) is 42.0 Å². The van der Waals surface area contributed by atoms with Gasteiger partial charge in [0.15, 0.2) is 12.6 Å². The highest BCUT2D eigenvalue weighted by atomic mass is 16.7. The van der Waals surface area contributed by atoms with Crippen molar-refractivity contribution in [3.05, 3.63) is 0 Å². The summed E-state index contributed by atoms with van der Waals surface area (Å²) >= 11 is 0. The van der Waals surface area contributed by atoms with Crippen LogP contribution in [0.3, 0.4) is 0 Å². The first-order valence-electron chi connectivity index (χ1n) is 21.5. The Morgan fingerprint density at radius 1 is 1.05 bits per heavy atom. The fraction of sp³-hybridized carbons (Fsp3) is 0.976. The van der Waals surface area contributed by atoms with Crippen molar-refractivity contribution < 1.29 is 58.7 Å². The van der Waals surface area contributed by atoms with Crippen LogP contribution in [-0.4, -0.2) is 167 Å². The second kappa shape index (κ2) is 20.7. The summed E-state index contributed by atoms with van der Waals surface area (Å²) in [5, 5.41) is 65.7. The third-order valence-corrected chi connectivity index (χ3v) is 13.2. The van der Waals surface area contributed by atoms with Crippen molar-refractivity contribution in [2.45, 2.75) is 204 Å². The average Bonchev–Trinajstić information content (AvgIpc) is 3.14. The Morgan fingerprint density at radius 2 is 1.70 bits per heavy atom. The molecule has 18 atom stereocenters. The number of aliphatic hydroxyl groups is 5. The van der Waals surface area contributed by atoms with Crippen molar-refractivity contribution >= 4 is 5.97 Å². The van der Waals surface area contributed by atoms with Gasteiger partial charge >= 0.3 is 5.97 Å². The lowest BCUT2D eigenvalue weighted by atomic mass is 9.74. The van der Waals surface area contributed by atoms with Gasteiger partial charge in [-0.15, -0.1) is 0 Å². The maximum Gasteiger partial charge on any atom is 0.311 e. The number of nitrogens with one attached hydrogen (secondary N) is 2. The molecule has 0 aromatic rings. The van der Waals surface area contributed by atoms with E-state index in [1.54, 1.807) is 34.8 Å². The second-order valence-corrected chi connectivity index (χ2v) is 18.5. The van der Waals surface area contributed by atoms with E-state index in [1.807, 2.05) is 60.5 Å². The first-order chi connectivity index (χ1) is 26.4. The van der Waals surface area contributed by atoms with Crippen LogP contribution >= 0.6 is 0 Å². The molecule has 3 heterocycles. The topological polar surface area (TPSA) is 201 Å². The molecule has 15 nitrogen and oxygen atoms in total. The van der Waals surface area contributed by atoms with Crippen molar-refractivity contribution in [1.82, 2.24) is 15.5 Å². The van der Waals surface area contributed by atoms with Gasteiger partial charge in [0, 0.05) is 38.1 Å². The zero-order valence-corrected chi connectivity index (χ0v) is 37.5. The predicted molar refractivity (Wildman–Crippen MR) is 216 cm³/mol. The molecule has 57 heavy (non-hydrogen) atoms. The number of aliphatic hydroxyl groups excluding tert-OH is 2. The largest absolute Gasteiger partial charge is 0.457 e. The van der Waals surface area contributed by atoms with Gasteiger partial charge < -0.3 is 69.5 Å². The molecule has 0 unspecified atom stereocenters. The van der Waals surface area contributed by atoms with E-state index in [-0.39, 0.29) is 43.9 Å². The third-order valence-electron chi connectivity index (χ3n) is 13.2. The Kier molecular flexibility index (Phi) is 18.2. The summed E-state index contributed by atoms with van der Waals surface area (Å²) in [6, 6.07) is -0.876. The number of carbonyl (C=O) groups excluding carboxylic acids is 1. The van der Waals surface area contributed by atoms with Crippen molar-refractivity contribution in [2.75, 3.05) is 40.8 Å². The number of nitrogens with zero attached hydrogens (tertiary/aromatic N) is 1. The highest BCUT2D eigenvalue weighted by Gasteiger charge is 2.59. The monoisotopic (exact) mass is 820 g/mol. The molecule has 3 fully saturated rings. The van der Waals surface area contributed by atoms with Crippen LogP contribution in [0.15, 0.2) is 0 Å². The summed E-state index contributed by atoms with van der Waals surface area (Å²) in [5.74, 6) is -2.67. The van der Waals surface area contributed by atoms with Gasteiger partial charge in [-0.3, -0.25) is 4.79 Å². The Balaban J connectivity index is 2.18. The quantitative estimate of drug-likeness (QED) is 0.0995. The van der Waals surface area contributed by atoms with E-state index in [4.69, 9.17) is 28.4 Å². The molecular formula is C42H81N3O12. The lowest BCUT2D eigenvalue weighted by Gasteiger charge is -2.54. The SMILES string of the molecule is CCCNC[C@]1(O)[C@H](CC)O[C@@H](O[C@H]2[C@H](C)[C@@H](O[C@@H]3O[C@H](C)C[C@H](N(C)C)[C@H]3O)[C@](C)(O)C[C@@H](C)CN[C@H](C)[C@H]([C@](C)(O)[C@H](O)CC)OC(=O)[C@@H]2C)C[C@@]1(C)OC. The van der Waals surface area contributed by atoms with Gasteiger partial charge in [0.2, 0.25) is 0 Å². The van der Waals surface area contributed by atoms with E-state index in [9.17, 15) is 30.3 Å². The van der Waals surface area contributed by atoms with E-state index in [0.717, 1.165) is 6.42 Å². The highest BCUT2D eigenvalue weighted by Crippen LogP contribution is 2.44. The first kappa shape index (κ1) is 50.3. The average molecular weight is 820 g/mol. The summed E-state index contributed by atoms with van der Waals surface area (Å²) in [4.78, 5) is 16.4. The molecule has 0 aromatic carbocycles. The Morgan fingerprint density at radius 3 is 2.26 bits per heavy atom. The Labute approximate surface area is 342 Å². The van der Waals surface area contributed by atoms with Gasteiger partial charge in [-0.25, -0.2) is 0 Å². The minimum absolute atomic E-state index is 0.0989. The second-order valence-electron chi connectivity index (χ2n) is 18.5. The number of methoxy groups -OCH3 is 1. The number of carbonyl (C=O) groups is 1. The van der Waals surface area contributed by atoms with Crippen molar-refractivity contribution in [2.24, 2.45) is 17.8 Å². The number of likely N-dealkylation sites (N-methyl/N-ethyl adjacent to an activating group) is 1. The molecule has 3 aliphatic rings. The standard InChI is InChI=1S/C42H81N3O12/c1-15-18-43-23-42(51)31(17-3)54-32(21-40(42,10)52-14)55-34-26(6)35(57-38-33(47)29(45(12)13)19-25(5)53-38)39(9,49)20-24(4)22-44-28(8)36(56-37(48)27(34)7)41(11,50)30(46)16-2/h24-36,38,43-44,46-47,49-51H,15-23H2,1-14H3/t24-,25-,26+,27-,28-,29+,30-,31+,32+,33-,34+,35-,36-,38+,39-,40-,41-,42+/m1/s1. The molecule has 3 saturated heterocycles. The van der Waals surface area contributed by atoms with E-state index in [0.29, 0.717) is 25.9 Å². The molecular weight excluding hydrogens is 738 g/mol. The Hall–Kier alpha value is -1.05. The molecule has 3 rings (SSSR count). The zero-order valence-electron chi connectivity index (χ0n) is 37.5. The van der Waals surface area contributed by atoms with Crippen molar-refractivity contribution in [1.29, 1.82) is 0 Å². The number of hydrogen-bond donors (Lipinski definition) is 7.